The topological polar surface area (TPSA) is 106 Å². The summed E-state index contributed by atoms with van der Waals surface area (Å²) in [5, 5.41) is 0. The number of sulfone groups is 1. The number of nitrogens with two attached hydrogens (primary N) is 1. The lowest BCUT2D eigenvalue weighted by atomic mass is 10.1. The zero-order valence-corrected chi connectivity index (χ0v) is 12.7. The molecule has 0 aliphatic rings. The third-order valence-electron chi connectivity index (χ3n) is 2.74. The Hall–Kier alpha value is -1.12. The normalized spacial score (nSPS) is 12.6. The Morgan fingerprint density at radius 3 is 2.26 bits per heavy atom. The average Bonchev–Trinajstić information content (AvgIpc) is 2.21. The molecule has 0 saturated carbocycles. The maximum atomic E-state index is 12.1. The van der Waals surface area contributed by atoms with Gasteiger partial charge in [-0.2, -0.15) is 0 Å². The molecule has 0 saturated heterocycles. The first-order valence-electron chi connectivity index (χ1n) is 5.57. The molecule has 0 spiro atoms. The Bertz CT molecular complexity index is 679. The number of anilines is 1. The van der Waals surface area contributed by atoms with E-state index < -0.39 is 19.9 Å². The number of nitrogens with one attached hydrogen (secondary N) is 1. The van der Waals surface area contributed by atoms with E-state index in [1.807, 2.05) is 0 Å². The van der Waals surface area contributed by atoms with Crippen LogP contribution in [0.3, 0.4) is 0 Å². The highest BCUT2D eigenvalue weighted by Gasteiger charge is 2.21. The van der Waals surface area contributed by atoms with Crippen molar-refractivity contribution in [1.82, 2.24) is 4.72 Å². The van der Waals surface area contributed by atoms with Gasteiger partial charge in [-0.15, -0.1) is 0 Å². The molecule has 0 fully saturated rings. The largest absolute Gasteiger partial charge is 0.398 e. The number of aryl methyl sites for hydroxylation is 1. The van der Waals surface area contributed by atoms with Crippen molar-refractivity contribution in [2.75, 3.05) is 24.3 Å². The number of hydrogen-bond acceptors (Lipinski definition) is 5. The second-order valence-corrected chi connectivity index (χ2v) is 8.42. The predicted molar refractivity (Wildman–Crippen MR) is 75.2 cm³/mol. The molecule has 0 unspecified atom stereocenters. The van der Waals surface area contributed by atoms with E-state index in [0.29, 0.717) is 5.56 Å². The highest BCUT2D eigenvalue weighted by Crippen LogP contribution is 2.24. The molecular weight excluding hydrogens is 288 g/mol. The summed E-state index contributed by atoms with van der Waals surface area (Å²) < 4.78 is 48.5. The Morgan fingerprint density at radius 2 is 1.74 bits per heavy atom. The monoisotopic (exact) mass is 306 g/mol. The highest BCUT2D eigenvalue weighted by molar-refractivity contribution is 7.91. The van der Waals surface area contributed by atoms with Crippen molar-refractivity contribution in [1.29, 1.82) is 0 Å². The van der Waals surface area contributed by atoms with Crippen LogP contribution in [0.15, 0.2) is 17.0 Å². The second-order valence-electron chi connectivity index (χ2n) is 4.45. The van der Waals surface area contributed by atoms with Crippen molar-refractivity contribution in [2.24, 2.45) is 0 Å². The Balaban J connectivity index is 3.05. The van der Waals surface area contributed by atoms with Crippen LogP contribution in [0.4, 0.5) is 5.69 Å². The molecule has 1 rings (SSSR count). The van der Waals surface area contributed by atoms with E-state index in [9.17, 15) is 16.8 Å². The van der Waals surface area contributed by atoms with Crippen LogP contribution in [0.5, 0.6) is 0 Å². The summed E-state index contributed by atoms with van der Waals surface area (Å²) in [6.07, 6.45) is 1.05. The molecule has 0 aliphatic heterocycles. The van der Waals surface area contributed by atoms with Gasteiger partial charge in [0.05, 0.1) is 11.4 Å². The fourth-order valence-corrected chi connectivity index (χ4v) is 3.66. The zero-order chi connectivity index (χ0) is 14.8. The second kappa shape index (κ2) is 5.48. The summed E-state index contributed by atoms with van der Waals surface area (Å²) in [7, 11) is -7.02. The molecule has 0 heterocycles. The lowest BCUT2D eigenvalue weighted by molar-refractivity contribution is 0.581. The molecule has 8 heteroatoms. The lowest BCUT2D eigenvalue weighted by Crippen LogP contribution is -2.30. The highest BCUT2D eigenvalue weighted by atomic mass is 32.2. The lowest BCUT2D eigenvalue weighted by Gasteiger charge is -2.13. The van der Waals surface area contributed by atoms with Crippen LogP contribution >= 0.6 is 0 Å². The molecule has 0 aliphatic carbocycles. The summed E-state index contributed by atoms with van der Waals surface area (Å²) in [4.78, 5) is 0.0148. The van der Waals surface area contributed by atoms with Crippen LogP contribution in [0, 0.1) is 13.8 Å². The van der Waals surface area contributed by atoms with Gasteiger partial charge in [0, 0.05) is 12.8 Å². The summed E-state index contributed by atoms with van der Waals surface area (Å²) in [5.74, 6) is -0.253. The molecule has 6 nitrogen and oxygen atoms in total. The van der Waals surface area contributed by atoms with E-state index in [1.165, 1.54) is 6.07 Å². The Morgan fingerprint density at radius 1 is 1.16 bits per heavy atom. The van der Waals surface area contributed by atoms with Crippen molar-refractivity contribution in [2.45, 2.75) is 18.7 Å². The molecule has 0 radical (unpaired) electrons. The third-order valence-corrected chi connectivity index (χ3v) is 5.35. The van der Waals surface area contributed by atoms with Gasteiger partial charge in [0.2, 0.25) is 10.0 Å². The van der Waals surface area contributed by atoms with Crippen LogP contribution in [-0.2, 0) is 19.9 Å². The fourth-order valence-electron chi connectivity index (χ4n) is 1.60. The van der Waals surface area contributed by atoms with E-state index >= 15 is 0 Å². The first-order chi connectivity index (χ1) is 8.54. The minimum atomic E-state index is -3.81. The molecule has 0 aromatic heterocycles. The average molecular weight is 306 g/mol. The fraction of sp³-hybridized carbons (Fsp3) is 0.455. The van der Waals surface area contributed by atoms with Crippen molar-refractivity contribution >= 4 is 25.5 Å². The summed E-state index contributed by atoms with van der Waals surface area (Å²) in [6.45, 7) is 3.27. The number of nitrogen functional groups attached to an aromatic ring is 1. The van der Waals surface area contributed by atoms with Gasteiger partial charge in [-0.3, -0.25) is 0 Å². The number of hydrogen-bond donors (Lipinski definition) is 2. The van der Waals surface area contributed by atoms with Gasteiger partial charge in [0.15, 0.2) is 0 Å². The maximum Gasteiger partial charge on any atom is 0.242 e. The van der Waals surface area contributed by atoms with E-state index in [1.54, 1.807) is 19.9 Å². The number of sulfonamides is 1. The quantitative estimate of drug-likeness (QED) is 0.756. The third kappa shape index (κ3) is 4.19. The van der Waals surface area contributed by atoms with Gasteiger partial charge in [0.25, 0.3) is 0 Å². The summed E-state index contributed by atoms with van der Waals surface area (Å²) >= 11 is 0. The van der Waals surface area contributed by atoms with Crippen LogP contribution in [-0.4, -0.2) is 35.4 Å². The molecule has 3 N–H and O–H groups in total. The molecule has 1 aromatic rings. The molecule has 19 heavy (non-hydrogen) atoms. The van der Waals surface area contributed by atoms with Crippen LogP contribution in [0.25, 0.3) is 0 Å². The van der Waals surface area contributed by atoms with Gasteiger partial charge >= 0.3 is 0 Å². The van der Waals surface area contributed by atoms with E-state index in [-0.39, 0.29) is 22.9 Å². The number of benzene rings is 1. The molecule has 0 amide bonds. The van der Waals surface area contributed by atoms with Gasteiger partial charge in [-0.05, 0) is 31.0 Å². The van der Waals surface area contributed by atoms with Crippen molar-refractivity contribution in [3.8, 4) is 0 Å². The van der Waals surface area contributed by atoms with Gasteiger partial charge in [0.1, 0.15) is 14.7 Å². The number of rotatable bonds is 5. The van der Waals surface area contributed by atoms with Gasteiger partial charge < -0.3 is 5.73 Å². The molecular formula is C11H18N2O4S2. The van der Waals surface area contributed by atoms with Crippen molar-refractivity contribution in [3.05, 3.63) is 23.3 Å². The standard InChI is InChI=1S/C11H18N2O4S2/c1-8-4-5-10(12)11(9(8)2)19(16,17)13-6-7-18(3,14)15/h4-5,13H,6-7,12H2,1-3H3. The van der Waals surface area contributed by atoms with E-state index in [4.69, 9.17) is 5.73 Å². The van der Waals surface area contributed by atoms with Crippen LogP contribution in [0.2, 0.25) is 0 Å². The molecule has 1 aromatic carbocycles. The predicted octanol–water partition coefficient (Wildman–Crippen LogP) is 0.209. The SMILES string of the molecule is Cc1ccc(N)c(S(=O)(=O)NCCS(C)(=O)=O)c1C. The van der Waals surface area contributed by atoms with Gasteiger partial charge in [-0.25, -0.2) is 21.6 Å². The van der Waals surface area contributed by atoms with Crippen molar-refractivity contribution in [3.63, 3.8) is 0 Å². The first-order valence-corrected chi connectivity index (χ1v) is 9.12. The minimum absolute atomic E-state index is 0.0148. The van der Waals surface area contributed by atoms with Crippen LogP contribution in [0.1, 0.15) is 11.1 Å². The molecule has 0 atom stereocenters. The summed E-state index contributed by atoms with van der Waals surface area (Å²) in [6, 6.07) is 3.26. The van der Waals surface area contributed by atoms with Crippen LogP contribution < -0.4 is 10.5 Å². The van der Waals surface area contributed by atoms with Crippen molar-refractivity contribution < 1.29 is 16.8 Å². The van der Waals surface area contributed by atoms with E-state index in [2.05, 4.69) is 4.72 Å². The van der Waals surface area contributed by atoms with E-state index in [0.717, 1.165) is 11.8 Å². The smallest absolute Gasteiger partial charge is 0.242 e. The zero-order valence-electron chi connectivity index (χ0n) is 11.1. The molecule has 108 valence electrons. The summed E-state index contributed by atoms with van der Waals surface area (Å²) in [5.41, 5.74) is 7.21. The Labute approximate surface area is 114 Å². The Kier molecular flexibility index (Phi) is 4.59. The first kappa shape index (κ1) is 15.9. The van der Waals surface area contributed by atoms with Gasteiger partial charge in [-0.1, -0.05) is 6.07 Å². The maximum absolute atomic E-state index is 12.1. The minimum Gasteiger partial charge on any atom is -0.398 e. The molecule has 0 bridgehead atoms.